The van der Waals surface area contributed by atoms with Gasteiger partial charge >= 0.3 is 0 Å². The van der Waals surface area contributed by atoms with E-state index in [-0.39, 0.29) is 22.0 Å². The lowest BCUT2D eigenvalue weighted by molar-refractivity contribution is -0.0167. The summed E-state index contributed by atoms with van der Waals surface area (Å²) >= 11 is 0. The first-order chi connectivity index (χ1) is 14.3. The molecule has 158 valence electrons. The minimum Gasteiger partial charge on any atom is -0.347 e. The fourth-order valence-electron chi connectivity index (χ4n) is 6.13. The molecule has 2 aromatic rings. The normalized spacial score (nSPS) is 29.6. The quantitative estimate of drug-likeness (QED) is 0.745. The standard InChI is InChI=1S/C23H25FN2O3S/c24-20-6-1-2-7-21(20)26-30(28,29)19-5-3-4-18(11-19)22(27)25-23-12-15-8-16(13-23)10-17(9-15)14-23/h1-7,11,15-17,26H,8-10,12-14H2,(H,25,27). The van der Waals surface area contributed by atoms with Crippen molar-refractivity contribution >= 4 is 21.6 Å². The van der Waals surface area contributed by atoms with Gasteiger partial charge in [0.15, 0.2) is 0 Å². The van der Waals surface area contributed by atoms with Crippen molar-refractivity contribution in [1.29, 1.82) is 0 Å². The molecule has 1 amide bonds. The third kappa shape index (κ3) is 3.60. The lowest BCUT2D eigenvalue weighted by Crippen LogP contribution is -2.59. The number of sulfonamides is 1. The van der Waals surface area contributed by atoms with Gasteiger partial charge in [-0.3, -0.25) is 9.52 Å². The fourth-order valence-corrected chi connectivity index (χ4v) is 7.24. The number of rotatable bonds is 5. The van der Waals surface area contributed by atoms with Crippen LogP contribution in [0.5, 0.6) is 0 Å². The van der Waals surface area contributed by atoms with Crippen molar-refractivity contribution in [2.24, 2.45) is 17.8 Å². The molecule has 4 aliphatic carbocycles. The third-order valence-electron chi connectivity index (χ3n) is 6.94. The Hall–Kier alpha value is -2.41. The zero-order valence-corrected chi connectivity index (χ0v) is 17.4. The van der Waals surface area contributed by atoms with Crippen molar-refractivity contribution in [3.63, 3.8) is 0 Å². The summed E-state index contributed by atoms with van der Waals surface area (Å²) in [7, 11) is -4.02. The van der Waals surface area contributed by atoms with Crippen LogP contribution in [-0.4, -0.2) is 19.9 Å². The number of hydrogen-bond acceptors (Lipinski definition) is 3. The molecule has 4 bridgehead atoms. The predicted octanol–water partition coefficient (Wildman–Crippen LogP) is 4.33. The average Bonchev–Trinajstić information content (AvgIpc) is 2.68. The summed E-state index contributed by atoms with van der Waals surface area (Å²) in [6.45, 7) is 0. The number of anilines is 1. The second-order valence-corrected chi connectivity index (χ2v) is 10.9. The van der Waals surface area contributed by atoms with Gasteiger partial charge in [-0.15, -0.1) is 0 Å². The molecule has 0 unspecified atom stereocenters. The molecule has 2 aromatic carbocycles. The lowest BCUT2D eigenvalue weighted by atomic mass is 9.53. The van der Waals surface area contributed by atoms with Crippen LogP contribution in [0.3, 0.4) is 0 Å². The number of carbonyl (C=O) groups excluding carboxylic acids is 1. The highest BCUT2D eigenvalue weighted by atomic mass is 32.2. The van der Waals surface area contributed by atoms with Gasteiger partial charge in [-0.1, -0.05) is 18.2 Å². The first kappa shape index (κ1) is 19.5. The maximum atomic E-state index is 13.9. The molecule has 5 nitrogen and oxygen atoms in total. The van der Waals surface area contributed by atoms with E-state index in [0.29, 0.717) is 23.3 Å². The van der Waals surface area contributed by atoms with Crippen molar-refractivity contribution < 1.29 is 17.6 Å². The average molecular weight is 429 g/mol. The van der Waals surface area contributed by atoms with Crippen LogP contribution in [0.25, 0.3) is 0 Å². The van der Waals surface area contributed by atoms with E-state index in [9.17, 15) is 17.6 Å². The van der Waals surface area contributed by atoms with Gasteiger partial charge in [-0.05, 0) is 86.6 Å². The van der Waals surface area contributed by atoms with E-state index in [1.54, 1.807) is 18.2 Å². The van der Waals surface area contributed by atoms with E-state index in [1.165, 1.54) is 49.6 Å². The Morgan fingerprint density at radius 1 is 0.933 bits per heavy atom. The Kier molecular flexibility index (Phi) is 4.61. The number of para-hydroxylation sites is 1. The van der Waals surface area contributed by atoms with Crippen LogP contribution in [0.2, 0.25) is 0 Å². The van der Waals surface area contributed by atoms with Crippen molar-refractivity contribution in [1.82, 2.24) is 5.32 Å². The summed E-state index contributed by atoms with van der Waals surface area (Å²) in [4.78, 5) is 13.0. The summed E-state index contributed by atoms with van der Waals surface area (Å²) in [5.74, 6) is 1.21. The molecule has 6 rings (SSSR count). The number of nitrogens with one attached hydrogen (secondary N) is 2. The smallest absolute Gasteiger partial charge is 0.262 e. The van der Waals surface area contributed by atoms with E-state index in [2.05, 4.69) is 10.0 Å². The van der Waals surface area contributed by atoms with Gasteiger partial charge in [0.05, 0.1) is 10.6 Å². The molecule has 4 aliphatic rings. The van der Waals surface area contributed by atoms with Crippen LogP contribution < -0.4 is 10.0 Å². The molecule has 30 heavy (non-hydrogen) atoms. The molecule has 7 heteroatoms. The van der Waals surface area contributed by atoms with Gasteiger partial charge in [0, 0.05) is 11.1 Å². The summed E-state index contributed by atoms with van der Waals surface area (Å²) in [5.41, 5.74) is 0.0367. The molecule has 0 heterocycles. The van der Waals surface area contributed by atoms with Gasteiger partial charge < -0.3 is 5.32 Å². The maximum absolute atomic E-state index is 13.9. The first-order valence-corrected chi connectivity index (χ1v) is 12.0. The van der Waals surface area contributed by atoms with Gasteiger partial charge in [0.2, 0.25) is 0 Å². The van der Waals surface area contributed by atoms with E-state index >= 15 is 0 Å². The van der Waals surface area contributed by atoms with Crippen molar-refractivity contribution in [2.75, 3.05) is 4.72 Å². The maximum Gasteiger partial charge on any atom is 0.262 e. The second-order valence-electron chi connectivity index (χ2n) is 9.27. The molecule has 4 fully saturated rings. The van der Waals surface area contributed by atoms with E-state index in [0.717, 1.165) is 19.3 Å². The molecule has 4 saturated carbocycles. The first-order valence-electron chi connectivity index (χ1n) is 10.5. The summed E-state index contributed by atoms with van der Waals surface area (Å²) in [6.07, 6.45) is 6.92. The van der Waals surface area contributed by atoms with E-state index in [4.69, 9.17) is 0 Å². The predicted molar refractivity (Wildman–Crippen MR) is 112 cm³/mol. The molecular formula is C23H25FN2O3S. The number of halogens is 1. The fraction of sp³-hybridized carbons (Fsp3) is 0.435. The molecule has 0 radical (unpaired) electrons. The molecular weight excluding hydrogens is 403 g/mol. The molecule has 0 saturated heterocycles. The zero-order chi connectivity index (χ0) is 20.9. The van der Waals surface area contributed by atoms with Gasteiger partial charge in [0.1, 0.15) is 5.82 Å². The second kappa shape index (κ2) is 7.08. The number of hydrogen-bond donors (Lipinski definition) is 2. The molecule has 0 aliphatic heterocycles. The minimum atomic E-state index is -4.02. The highest BCUT2D eigenvalue weighted by Crippen LogP contribution is 2.55. The summed E-state index contributed by atoms with van der Waals surface area (Å²) in [5, 5.41) is 3.26. The molecule has 0 atom stereocenters. The Balaban J connectivity index is 1.36. The molecule has 0 aromatic heterocycles. The van der Waals surface area contributed by atoms with Crippen LogP contribution in [-0.2, 0) is 10.0 Å². The number of carbonyl (C=O) groups is 1. The Morgan fingerprint density at radius 2 is 1.57 bits per heavy atom. The van der Waals surface area contributed by atoms with Crippen LogP contribution in [0.15, 0.2) is 53.4 Å². The summed E-state index contributed by atoms with van der Waals surface area (Å²) in [6, 6.07) is 11.5. The van der Waals surface area contributed by atoms with Crippen LogP contribution >= 0.6 is 0 Å². The van der Waals surface area contributed by atoms with Gasteiger partial charge in [-0.25, -0.2) is 12.8 Å². The van der Waals surface area contributed by atoms with Gasteiger partial charge in [0.25, 0.3) is 15.9 Å². The Bertz CT molecular complexity index is 1060. The zero-order valence-electron chi connectivity index (χ0n) is 16.6. The Morgan fingerprint density at radius 3 is 2.20 bits per heavy atom. The lowest BCUT2D eigenvalue weighted by Gasteiger charge is -2.56. The highest BCUT2D eigenvalue weighted by molar-refractivity contribution is 7.92. The van der Waals surface area contributed by atoms with Crippen molar-refractivity contribution in [3.05, 3.63) is 59.9 Å². The molecule has 0 spiro atoms. The number of amides is 1. The SMILES string of the molecule is O=C(NC12CC3CC(CC(C3)C1)C2)c1cccc(S(=O)(=O)Nc2ccccc2F)c1. The highest BCUT2D eigenvalue weighted by Gasteiger charge is 2.51. The van der Waals surface area contributed by atoms with Crippen LogP contribution in [0.4, 0.5) is 10.1 Å². The van der Waals surface area contributed by atoms with Crippen molar-refractivity contribution in [2.45, 2.75) is 49.0 Å². The molecule has 2 N–H and O–H groups in total. The number of benzene rings is 2. The van der Waals surface area contributed by atoms with Gasteiger partial charge in [-0.2, -0.15) is 0 Å². The minimum absolute atomic E-state index is 0.0658. The van der Waals surface area contributed by atoms with Crippen LogP contribution in [0.1, 0.15) is 48.9 Å². The summed E-state index contributed by atoms with van der Waals surface area (Å²) < 4.78 is 41.6. The topological polar surface area (TPSA) is 75.3 Å². The van der Waals surface area contributed by atoms with Crippen LogP contribution in [0, 0.1) is 23.6 Å². The van der Waals surface area contributed by atoms with E-state index in [1.807, 2.05) is 0 Å². The van der Waals surface area contributed by atoms with Crippen molar-refractivity contribution in [3.8, 4) is 0 Å². The Labute approximate surface area is 176 Å². The third-order valence-corrected chi connectivity index (χ3v) is 8.30. The largest absolute Gasteiger partial charge is 0.347 e. The van der Waals surface area contributed by atoms with E-state index < -0.39 is 15.8 Å². The monoisotopic (exact) mass is 428 g/mol.